The van der Waals surface area contributed by atoms with Crippen LogP contribution in [0, 0.1) is 17.6 Å². The van der Waals surface area contributed by atoms with Gasteiger partial charge in [0.05, 0.1) is 0 Å². The molecule has 2 rings (SSSR count). The number of nitrogens with zero attached hydrogens (tertiary/aromatic N) is 1. The third kappa shape index (κ3) is 3.20. The normalized spacial score (nSPS) is 21.7. The predicted molar refractivity (Wildman–Crippen MR) is 75.8 cm³/mol. The molecule has 20 heavy (non-hydrogen) atoms. The molecule has 1 aliphatic rings. The van der Waals surface area contributed by atoms with Gasteiger partial charge in [-0.05, 0) is 47.2 Å². The smallest absolute Gasteiger partial charge is 0.207 e. The van der Waals surface area contributed by atoms with E-state index in [-0.39, 0.29) is 4.47 Å². The number of sulfonamides is 1. The van der Waals surface area contributed by atoms with E-state index in [1.54, 1.807) is 0 Å². The van der Waals surface area contributed by atoms with Crippen LogP contribution in [-0.4, -0.2) is 25.8 Å². The molecule has 0 aliphatic carbocycles. The second-order valence-electron chi connectivity index (χ2n) is 5.14. The Labute approximate surface area is 126 Å². The summed E-state index contributed by atoms with van der Waals surface area (Å²) in [5.74, 6) is -1.41. The van der Waals surface area contributed by atoms with Crippen LogP contribution in [0.5, 0.6) is 0 Å². The van der Waals surface area contributed by atoms with Gasteiger partial charge in [-0.2, -0.15) is 4.31 Å². The molecule has 7 heteroatoms. The van der Waals surface area contributed by atoms with Crippen LogP contribution >= 0.6 is 15.9 Å². The van der Waals surface area contributed by atoms with Crippen LogP contribution in [-0.2, 0) is 10.0 Å². The van der Waals surface area contributed by atoms with Gasteiger partial charge in [-0.15, -0.1) is 0 Å². The van der Waals surface area contributed by atoms with Crippen molar-refractivity contribution >= 4 is 26.0 Å². The van der Waals surface area contributed by atoms with Gasteiger partial charge >= 0.3 is 0 Å². The second kappa shape index (κ2) is 6.07. The highest BCUT2D eigenvalue weighted by molar-refractivity contribution is 9.10. The Kier molecular flexibility index (Phi) is 4.81. The van der Waals surface area contributed by atoms with Gasteiger partial charge in [0, 0.05) is 23.6 Å². The predicted octanol–water partition coefficient (Wildman–Crippen LogP) is 3.54. The monoisotopic (exact) mass is 367 g/mol. The average molecular weight is 368 g/mol. The summed E-state index contributed by atoms with van der Waals surface area (Å²) in [5, 5.41) is 0. The van der Waals surface area contributed by atoms with Crippen LogP contribution < -0.4 is 0 Å². The molecule has 112 valence electrons. The fourth-order valence-electron chi connectivity index (χ4n) is 2.38. The van der Waals surface area contributed by atoms with Crippen LogP contribution in [0.3, 0.4) is 0 Å². The largest absolute Gasteiger partial charge is 0.247 e. The topological polar surface area (TPSA) is 37.4 Å². The van der Waals surface area contributed by atoms with Crippen LogP contribution in [0.15, 0.2) is 21.5 Å². The summed E-state index contributed by atoms with van der Waals surface area (Å²) in [6.07, 6.45) is 2.46. The third-order valence-electron chi connectivity index (χ3n) is 3.54. The molecule has 0 saturated carbocycles. The van der Waals surface area contributed by atoms with E-state index in [2.05, 4.69) is 22.9 Å². The lowest BCUT2D eigenvalue weighted by molar-refractivity contribution is 0.412. The van der Waals surface area contributed by atoms with Crippen LogP contribution in [0.1, 0.15) is 26.2 Å². The first-order valence-electron chi connectivity index (χ1n) is 6.47. The lowest BCUT2D eigenvalue weighted by atomic mass is 10.0. The van der Waals surface area contributed by atoms with Crippen LogP contribution in [0.4, 0.5) is 8.78 Å². The maximum atomic E-state index is 13.9. The number of halogens is 3. The first-order valence-corrected chi connectivity index (χ1v) is 8.70. The Hall–Kier alpha value is -0.530. The molecule has 1 aromatic carbocycles. The van der Waals surface area contributed by atoms with E-state index in [1.807, 2.05) is 0 Å². The molecule has 0 radical (unpaired) electrons. The van der Waals surface area contributed by atoms with Crippen molar-refractivity contribution in [1.82, 2.24) is 4.31 Å². The van der Waals surface area contributed by atoms with E-state index in [4.69, 9.17) is 0 Å². The molecule has 1 saturated heterocycles. The maximum Gasteiger partial charge on any atom is 0.247 e. The molecule has 1 heterocycles. The van der Waals surface area contributed by atoms with E-state index in [9.17, 15) is 17.2 Å². The molecule has 1 unspecified atom stereocenters. The minimum Gasteiger partial charge on any atom is -0.207 e. The average Bonchev–Trinajstić information content (AvgIpc) is 2.52. The van der Waals surface area contributed by atoms with Crippen molar-refractivity contribution in [3.63, 3.8) is 0 Å². The quantitative estimate of drug-likeness (QED) is 0.801. The molecule has 0 amide bonds. The zero-order valence-electron chi connectivity index (χ0n) is 11.1. The van der Waals surface area contributed by atoms with Gasteiger partial charge in [-0.25, -0.2) is 17.2 Å². The SMILES string of the molecule is CC1CCCN(S(=O)(=O)c2c(F)cc(F)cc2Br)CC1. The van der Waals surface area contributed by atoms with Crippen molar-refractivity contribution in [2.45, 2.75) is 31.1 Å². The zero-order valence-corrected chi connectivity index (χ0v) is 13.5. The fraction of sp³-hybridized carbons (Fsp3) is 0.538. The van der Waals surface area contributed by atoms with Crippen molar-refractivity contribution in [2.75, 3.05) is 13.1 Å². The Morgan fingerprint density at radius 3 is 2.60 bits per heavy atom. The minimum absolute atomic E-state index is 0.0766. The van der Waals surface area contributed by atoms with Gasteiger partial charge in [0.25, 0.3) is 0 Å². The van der Waals surface area contributed by atoms with Crippen molar-refractivity contribution in [3.05, 3.63) is 28.2 Å². The summed E-state index contributed by atoms with van der Waals surface area (Å²) >= 11 is 2.95. The highest BCUT2D eigenvalue weighted by Crippen LogP contribution is 2.30. The molecule has 0 N–H and O–H groups in total. The maximum absolute atomic E-state index is 13.9. The van der Waals surface area contributed by atoms with Gasteiger partial charge in [0.2, 0.25) is 10.0 Å². The summed E-state index contributed by atoms with van der Waals surface area (Å²) in [6.45, 7) is 2.81. The van der Waals surface area contributed by atoms with E-state index in [0.717, 1.165) is 25.3 Å². The third-order valence-corrected chi connectivity index (χ3v) is 6.40. The standard InChI is InChI=1S/C13H16BrF2NO2S/c1-9-3-2-5-17(6-4-9)20(18,19)13-11(14)7-10(15)8-12(13)16/h7-9H,2-6H2,1H3. The Morgan fingerprint density at radius 2 is 1.95 bits per heavy atom. The molecule has 1 aromatic rings. The lowest BCUT2D eigenvalue weighted by Gasteiger charge is -2.21. The summed E-state index contributed by atoms with van der Waals surface area (Å²) in [4.78, 5) is -0.478. The highest BCUT2D eigenvalue weighted by Gasteiger charge is 2.31. The molecule has 0 aromatic heterocycles. The zero-order chi connectivity index (χ0) is 14.9. The van der Waals surface area contributed by atoms with Crippen LogP contribution in [0.2, 0.25) is 0 Å². The molecule has 1 aliphatic heterocycles. The van der Waals surface area contributed by atoms with Gasteiger partial charge in [0.1, 0.15) is 16.5 Å². The molecular weight excluding hydrogens is 352 g/mol. The summed E-state index contributed by atoms with van der Waals surface area (Å²) in [6, 6.07) is 1.56. The van der Waals surface area contributed by atoms with Gasteiger partial charge in [0.15, 0.2) is 0 Å². The van der Waals surface area contributed by atoms with Crippen molar-refractivity contribution in [3.8, 4) is 0 Å². The Balaban J connectivity index is 2.40. The Bertz CT molecular complexity index is 583. The second-order valence-corrected chi connectivity index (χ2v) is 7.87. The van der Waals surface area contributed by atoms with Crippen molar-refractivity contribution < 1.29 is 17.2 Å². The highest BCUT2D eigenvalue weighted by atomic mass is 79.9. The number of hydrogen-bond acceptors (Lipinski definition) is 2. The lowest BCUT2D eigenvalue weighted by Crippen LogP contribution is -2.33. The number of hydrogen-bond donors (Lipinski definition) is 0. The van der Waals surface area contributed by atoms with Gasteiger partial charge < -0.3 is 0 Å². The number of rotatable bonds is 2. The first-order chi connectivity index (χ1) is 9.32. The Morgan fingerprint density at radius 1 is 1.25 bits per heavy atom. The number of benzene rings is 1. The van der Waals surface area contributed by atoms with E-state index < -0.39 is 26.6 Å². The van der Waals surface area contributed by atoms with Gasteiger partial charge in [-0.1, -0.05) is 6.92 Å². The van der Waals surface area contributed by atoms with E-state index in [0.29, 0.717) is 25.1 Å². The summed E-state index contributed by atoms with van der Waals surface area (Å²) < 4.78 is 53.2. The summed E-state index contributed by atoms with van der Waals surface area (Å²) in [7, 11) is -3.94. The molecular formula is C13H16BrF2NO2S. The van der Waals surface area contributed by atoms with E-state index in [1.165, 1.54) is 4.31 Å². The molecule has 1 atom stereocenters. The molecule has 0 bridgehead atoms. The molecule has 1 fully saturated rings. The van der Waals surface area contributed by atoms with Crippen molar-refractivity contribution in [2.24, 2.45) is 5.92 Å². The molecule has 0 spiro atoms. The minimum atomic E-state index is -3.94. The van der Waals surface area contributed by atoms with Crippen molar-refractivity contribution in [1.29, 1.82) is 0 Å². The summed E-state index contributed by atoms with van der Waals surface area (Å²) in [5.41, 5.74) is 0. The fourth-order valence-corrected chi connectivity index (χ4v) is 4.99. The molecule has 3 nitrogen and oxygen atoms in total. The first kappa shape index (κ1) is 15.9. The van der Waals surface area contributed by atoms with Gasteiger partial charge in [-0.3, -0.25) is 0 Å². The van der Waals surface area contributed by atoms with Crippen LogP contribution in [0.25, 0.3) is 0 Å². The van der Waals surface area contributed by atoms with E-state index >= 15 is 0 Å².